The van der Waals surface area contributed by atoms with Gasteiger partial charge >= 0.3 is 0 Å². The topological polar surface area (TPSA) is 56.8 Å². The second-order valence-electron chi connectivity index (χ2n) is 4.95. The number of hydrogen-bond acceptors (Lipinski definition) is 4. The van der Waals surface area contributed by atoms with Gasteiger partial charge in [-0.1, -0.05) is 39.7 Å². The molecule has 0 fully saturated rings. The first-order valence-corrected chi connectivity index (χ1v) is 8.94. The van der Waals surface area contributed by atoms with Crippen LogP contribution < -0.4 is 14.8 Å². The first kappa shape index (κ1) is 19.6. The molecule has 0 heterocycles. The molecule has 0 unspecified atom stereocenters. The largest absolute Gasteiger partial charge is 0.489 e. The number of ether oxygens (including phenoxy) is 3. The maximum atomic E-state index is 12.1. The third-order valence-electron chi connectivity index (χ3n) is 3.10. The van der Waals surface area contributed by atoms with Gasteiger partial charge in [0.2, 0.25) is 0 Å². The maximum absolute atomic E-state index is 12.1. The van der Waals surface area contributed by atoms with Crippen LogP contribution in [0.25, 0.3) is 0 Å². The molecule has 0 aliphatic rings. The van der Waals surface area contributed by atoms with Crippen molar-refractivity contribution in [3.05, 3.63) is 52.0 Å². The van der Waals surface area contributed by atoms with E-state index in [1.807, 2.05) is 19.1 Å². The molecular formula is C18H19BrClNO4. The number of amides is 1. The quantitative estimate of drug-likeness (QED) is 0.596. The molecule has 2 aromatic rings. The van der Waals surface area contributed by atoms with Crippen LogP contribution in [0.5, 0.6) is 11.5 Å². The third-order valence-corrected chi connectivity index (χ3v) is 3.89. The summed E-state index contributed by atoms with van der Waals surface area (Å²) in [6.45, 7) is 3.30. The van der Waals surface area contributed by atoms with E-state index in [0.717, 1.165) is 4.47 Å². The molecule has 0 bridgehead atoms. The van der Waals surface area contributed by atoms with Crippen LogP contribution in [0.3, 0.4) is 0 Å². The van der Waals surface area contributed by atoms with Gasteiger partial charge in [-0.3, -0.25) is 4.79 Å². The molecule has 0 saturated carbocycles. The summed E-state index contributed by atoms with van der Waals surface area (Å²) in [5.41, 5.74) is 0.578. The summed E-state index contributed by atoms with van der Waals surface area (Å²) in [5, 5.41) is 3.20. The van der Waals surface area contributed by atoms with Crippen LogP contribution >= 0.6 is 27.5 Å². The number of carbonyl (C=O) groups excluding carboxylic acids is 1. The summed E-state index contributed by atoms with van der Waals surface area (Å²) in [4.78, 5) is 12.1. The Morgan fingerprint density at radius 3 is 2.68 bits per heavy atom. The van der Waals surface area contributed by atoms with Crippen molar-refractivity contribution < 1.29 is 19.0 Å². The van der Waals surface area contributed by atoms with Gasteiger partial charge in [-0.05, 0) is 37.3 Å². The Bertz CT molecular complexity index is 711. The van der Waals surface area contributed by atoms with E-state index in [-0.39, 0.29) is 12.5 Å². The molecule has 134 valence electrons. The summed E-state index contributed by atoms with van der Waals surface area (Å²) in [5.74, 6) is 0.721. The lowest BCUT2D eigenvalue weighted by molar-refractivity contribution is -0.118. The molecule has 0 saturated heterocycles. The predicted octanol–water partition coefficient (Wildman–Crippen LogP) is 4.54. The van der Waals surface area contributed by atoms with E-state index < -0.39 is 0 Å². The van der Waals surface area contributed by atoms with Crippen molar-refractivity contribution in [2.45, 2.75) is 6.92 Å². The van der Waals surface area contributed by atoms with Crippen LogP contribution in [-0.4, -0.2) is 32.3 Å². The molecule has 0 radical (unpaired) electrons. The van der Waals surface area contributed by atoms with Gasteiger partial charge in [0.05, 0.1) is 17.3 Å². The lowest BCUT2D eigenvalue weighted by Crippen LogP contribution is -2.21. The lowest BCUT2D eigenvalue weighted by Gasteiger charge is -2.13. The highest BCUT2D eigenvalue weighted by Gasteiger charge is 2.10. The van der Waals surface area contributed by atoms with Gasteiger partial charge in [-0.2, -0.15) is 0 Å². The summed E-state index contributed by atoms with van der Waals surface area (Å²) in [6.07, 6.45) is 0. The molecule has 0 atom stereocenters. The van der Waals surface area contributed by atoms with Gasteiger partial charge in [0.15, 0.2) is 6.61 Å². The highest BCUT2D eigenvalue weighted by Crippen LogP contribution is 2.28. The SMILES string of the molecule is CCOCCOc1ccccc1NC(=O)COc1ccc(Br)cc1Cl. The first-order valence-electron chi connectivity index (χ1n) is 7.77. The number of para-hydroxylation sites is 2. The molecule has 0 aliphatic carbocycles. The summed E-state index contributed by atoms with van der Waals surface area (Å²) in [6, 6.07) is 12.4. The Labute approximate surface area is 160 Å². The van der Waals surface area contributed by atoms with Crippen molar-refractivity contribution in [1.82, 2.24) is 0 Å². The second kappa shape index (κ2) is 10.3. The van der Waals surface area contributed by atoms with E-state index in [9.17, 15) is 4.79 Å². The molecule has 0 spiro atoms. The maximum Gasteiger partial charge on any atom is 0.262 e. The molecule has 0 aliphatic heterocycles. The van der Waals surface area contributed by atoms with Crippen molar-refractivity contribution in [1.29, 1.82) is 0 Å². The standard InChI is InChI=1S/C18H19BrClNO4/c1-2-23-9-10-24-17-6-4-3-5-15(17)21-18(22)12-25-16-8-7-13(19)11-14(16)20/h3-8,11H,2,9-10,12H2,1H3,(H,21,22). The molecule has 2 rings (SSSR count). The minimum atomic E-state index is -0.306. The van der Waals surface area contributed by atoms with E-state index in [2.05, 4.69) is 21.2 Å². The fraction of sp³-hybridized carbons (Fsp3) is 0.278. The second-order valence-corrected chi connectivity index (χ2v) is 6.28. The number of nitrogens with one attached hydrogen (secondary N) is 1. The zero-order valence-corrected chi connectivity index (χ0v) is 16.1. The summed E-state index contributed by atoms with van der Waals surface area (Å²) >= 11 is 9.38. The van der Waals surface area contributed by atoms with Crippen LogP contribution in [0.15, 0.2) is 46.9 Å². The highest BCUT2D eigenvalue weighted by molar-refractivity contribution is 9.10. The van der Waals surface area contributed by atoms with Crippen LogP contribution in [0, 0.1) is 0 Å². The van der Waals surface area contributed by atoms with E-state index in [4.69, 9.17) is 25.8 Å². The normalized spacial score (nSPS) is 10.4. The van der Waals surface area contributed by atoms with Gasteiger partial charge in [0, 0.05) is 11.1 Å². The van der Waals surface area contributed by atoms with Crippen LogP contribution in [0.2, 0.25) is 5.02 Å². The van der Waals surface area contributed by atoms with Crippen LogP contribution in [-0.2, 0) is 9.53 Å². The number of rotatable bonds is 9. The van der Waals surface area contributed by atoms with Crippen molar-refractivity contribution in [2.24, 2.45) is 0 Å². The molecule has 5 nitrogen and oxygen atoms in total. The molecule has 0 aromatic heterocycles. The average molecular weight is 429 g/mol. The van der Waals surface area contributed by atoms with Crippen LogP contribution in [0.1, 0.15) is 6.92 Å². The van der Waals surface area contributed by atoms with Gasteiger partial charge < -0.3 is 19.5 Å². The fourth-order valence-corrected chi connectivity index (χ4v) is 2.70. The average Bonchev–Trinajstić information content (AvgIpc) is 2.59. The molecule has 2 aromatic carbocycles. The third kappa shape index (κ3) is 6.57. The Hall–Kier alpha value is -1.76. The summed E-state index contributed by atoms with van der Waals surface area (Å²) in [7, 11) is 0. The highest BCUT2D eigenvalue weighted by atomic mass is 79.9. The smallest absolute Gasteiger partial charge is 0.262 e. The Morgan fingerprint density at radius 1 is 1.12 bits per heavy atom. The van der Waals surface area contributed by atoms with Crippen molar-refractivity contribution in [2.75, 3.05) is 31.7 Å². The lowest BCUT2D eigenvalue weighted by atomic mass is 10.3. The van der Waals surface area contributed by atoms with E-state index >= 15 is 0 Å². The molecule has 1 amide bonds. The van der Waals surface area contributed by atoms with Crippen molar-refractivity contribution in [3.63, 3.8) is 0 Å². The predicted molar refractivity (Wildman–Crippen MR) is 102 cm³/mol. The van der Waals surface area contributed by atoms with Crippen LogP contribution in [0.4, 0.5) is 5.69 Å². The minimum Gasteiger partial charge on any atom is -0.489 e. The van der Waals surface area contributed by atoms with E-state index in [0.29, 0.717) is 42.0 Å². The molecule has 25 heavy (non-hydrogen) atoms. The number of benzene rings is 2. The first-order chi connectivity index (χ1) is 12.1. The zero-order chi connectivity index (χ0) is 18.1. The van der Waals surface area contributed by atoms with Gasteiger partial charge in [-0.15, -0.1) is 0 Å². The van der Waals surface area contributed by atoms with Crippen molar-refractivity contribution >= 4 is 39.1 Å². The fourth-order valence-electron chi connectivity index (χ4n) is 1.97. The van der Waals surface area contributed by atoms with Gasteiger partial charge in [0.25, 0.3) is 5.91 Å². The Morgan fingerprint density at radius 2 is 1.92 bits per heavy atom. The van der Waals surface area contributed by atoms with Crippen molar-refractivity contribution in [3.8, 4) is 11.5 Å². The van der Waals surface area contributed by atoms with Gasteiger partial charge in [0.1, 0.15) is 18.1 Å². The molecule has 7 heteroatoms. The zero-order valence-electron chi connectivity index (χ0n) is 13.8. The number of carbonyl (C=O) groups is 1. The monoisotopic (exact) mass is 427 g/mol. The summed E-state index contributed by atoms with van der Waals surface area (Å²) < 4.78 is 17.2. The minimum absolute atomic E-state index is 0.158. The Kier molecular flexibility index (Phi) is 8.04. The molecular weight excluding hydrogens is 410 g/mol. The number of halogens is 2. The van der Waals surface area contributed by atoms with E-state index in [1.165, 1.54) is 0 Å². The number of hydrogen-bond donors (Lipinski definition) is 1. The van der Waals surface area contributed by atoms with E-state index in [1.54, 1.807) is 30.3 Å². The Balaban J connectivity index is 1.89. The van der Waals surface area contributed by atoms with Gasteiger partial charge in [-0.25, -0.2) is 0 Å². The number of anilines is 1. The molecule has 1 N–H and O–H groups in total.